The molecule has 1 fully saturated rings. The van der Waals surface area contributed by atoms with Crippen LogP contribution in [0.25, 0.3) is 0 Å². The first-order valence-electron chi connectivity index (χ1n) is 4.93. The number of hydrogen-bond donors (Lipinski definition) is 1. The van der Waals surface area contributed by atoms with E-state index in [0.717, 1.165) is 17.7 Å². The summed E-state index contributed by atoms with van der Waals surface area (Å²) in [6.45, 7) is 1.57. The van der Waals surface area contributed by atoms with Gasteiger partial charge in [-0.2, -0.15) is 4.31 Å². The Hall–Kier alpha value is -0.430. The Balaban J connectivity index is 2.36. The minimum atomic E-state index is -3.27. The maximum atomic E-state index is 12.2. The first-order valence-corrected chi connectivity index (χ1v) is 7.25. The SMILES string of the molecule is NCc1sccc1S(=O)(=O)N1CCCC1. The van der Waals surface area contributed by atoms with E-state index in [0.29, 0.717) is 24.5 Å². The summed E-state index contributed by atoms with van der Waals surface area (Å²) in [6, 6.07) is 1.65. The number of sulfonamides is 1. The molecular formula is C9H14N2O2S2. The summed E-state index contributed by atoms with van der Waals surface area (Å²) in [4.78, 5) is 1.15. The average Bonchev–Trinajstić information content (AvgIpc) is 2.89. The predicted molar refractivity (Wildman–Crippen MR) is 60.2 cm³/mol. The highest BCUT2D eigenvalue weighted by molar-refractivity contribution is 7.89. The Bertz CT molecular complexity index is 433. The van der Waals surface area contributed by atoms with E-state index in [-0.39, 0.29) is 0 Å². The molecule has 0 atom stereocenters. The topological polar surface area (TPSA) is 63.4 Å². The van der Waals surface area contributed by atoms with Gasteiger partial charge in [0.2, 0.25) is 10.0 Å². The zero-order chi connectivity index (χ0) is 10.9. The molecule has 0 amide bonds. The first kappa shape index (κ1) is 11.1. The van der Waals surface area contributed by atoms with Crippen molar-refractivity contribution in [1.29, 1.82) is 0 Å². The molecule has 0 spiro atoms. The highest BCUT2D eigenvalue weighted by Gasteiger charge is 2.29. The largest absolute Gasteiger partial charge is 0.326 e. The van der Waals surface area contributed by atoms with Crippen molar-refractivity contribution in [2.75, 3.05) is 13.1 Å². The molecule has 15 heavy (non-hydrogen) atoms. The molecule has 2 N–H and O–H groups in total. The van der Waals surface area contributed by atoms with Crippen LogP contribution in [0.1, 0.15) is 17.7 Å². The number of hydrogen-bond acceptors (Lipinski definition) is 4. The highest BCUT2D eigenvalue weighted by Crippen LogP contribution is 2.26. The molecule has 1 aromatic heterocycles. The van der Waals surface area contributed by atoms with Crippen LogP contribution in [0.5, 0.6) is 0 Å². The predicted octanol–water partition coefficient (Wildman–Crippen LogP) is 0.991. The molecule has 0 aliphatic carbocycles. The van der Waals surface area contributed by atoms with Gasteiger partial charge in [-0.25, -0.2) is 8.42 Å². The zero-order valence-electron chi connectivity index (χ0n) is 8.35. The standard InChI is InChI=1S/C9H14N2O2S2/c10-7-8-9(3-6-14-8)15(12,13)11-4-1-2-5-11/h3,6H,1-2,4-5,7,10H2. The lowest BCUT2D eigenvalue weighted by Gasteiger charge is -2.15. The maximum Gasteiger partial charge on any atom is 0.244 e. The lowest BCUT2D eigenvalue weighted by molar-refractivity contribution is 0.477. The minimum absolute atomic E-state index is 0.292. The van der Waals surface area contributed by atoms with E-state index in [4.69, 9.17) is 5.73 Å². The van der Waals surface area contributed by atoms with Gasteiger partial charge in [-0.3, -0.25) is 0 Å². The molecule has 4 nitrogen and oxygen atoms in total. The summed E-state index contributed by atoms with van der Waals surface area (Å²) in [5.74, 6) is 0. The molecule has 0 aromatic carbocycles. The molecule has 6 heteroatoms. The number of thiophene rings is 1. The fourth-order valence-corrected chi connectivity index (χ4v) is 4.60. The van der Waals surface area contributed by atoms with E-state index in [1.807, 2.05) is 0 Å². The van der Waals surface area contributed by atoms with Crippen LogP contribution in [0.2, 0.25) is 0 Å². The Morgan fingerprint density at radius 2 is 2.07 bits per heavy atom. The van der Waals surface area contributed by atoms with Gasteiger partial charge in [0.25, 0.3) is 0 Å². The van der Waals surface area contributed by atoms with Crippen molar-refractivity contribution in [2.45, 2.75) is 24.3 Å². The molecule has 0 bridgehead atoms. The third kappa shape index (κ3) is 1.94. The van der Waals surface area contributed by atoms with Crippen LogP contribution in [0, 0.1) is 0 Å². The van der Waals surface area contributed by atoms with E-state index in [9.17, 15) is 8.42 Å². The molecule has 0 unspecified atom stereocenters. The van der Waals surface area contributed by atoms with Crippen molar-refractivity contribution >= 4 is 21.4 Å². The summed E-state index contributed by atoms with van der Waals surface area (Å²) in [5, 5.41) is 1.78. The minimum Gasteiger partial charge on any atom is -0.326 e. The van der Waals surface area contributed by atoms with Crippen molar-refractivity contribution < 1.29 is 8.42 Å². The second-order valence-corrected chi connectivity index (χ2v) is 6.43. The molecule has 0 radical (unpaired) electrons. The van der Waals surface area contributed by atoms with Gasteiger partial charge >= 0.3 is 0 Å². The average molecular weight is 246 g/mol. The number of nitrogens with zero attached hydrogens (tertiary/aromatic N) is 1. The third-order valence-electron chi connectivity index (χ3n) is 2.57. The van der Waals surface area contributed by atoms with Crippen molar-refractivity contribution in [3.8, 4) is 0 Å². The molecule has 1 saturated heterocycles. The molecule has 84 valence electrons. The van der Waals surface area contributed by atoms with Gasteiger partial charge in [-0.05, 0) is 24.3 Å². The highest BCUT2D eigenvalue weighted by atomic mass is 32.2. The lowest BCUT2D eigenvalue weighted by atomic mass is 10.4. The van der Waals surface area contributed by atoms with Crippen LogP contribution in [-0.2, 0) is 16.6 Å². The van der Waals surface area contributed by atoms with Gasteiger partial charge in [0.15, 0.2) is 0 Å². The number of nitrogens with two attached hydrogens (primary N) is 1. The quantitative estimate of drug-likeness (QED) is 0.865. The van der Waals surface area contributed by atoms with Crippen LogP contribution in [0.3, 0.4) is 0 Å². The molecule has 1 aliphatic rings. The van der Waals surface area contributed by atoms with Crippen LogP contribution in [0.4, 0.5) is 0 Å². The van der Waals surface area contributed by atoms with Crippen LogP contribution in [0.15, 0.2) is 16.3 Å². The van der Waals surface area contributed by atoms with E-state index < -0.39 is 10.0 Å². The van der Waals surface area contributed by atoms with Gasteiger partial charge in [-0.15, -0.1) is 11.3 Å². The Kier molecular flexibility index (Phi) is 3.11. The lowest BCUT2D eigenvalue weighted by Crippen LogP contribution is -2.28. The summed E-state index contributed by atoms with van der Waals surface area (Å²) in [6.07, 6.45) is 1.92. The fourth-order valence-electron chi connectivity index (χ4n) is 1.78. The summed E-state index contributed by atoms with van der Waals surface area (Å²) < 4.78 is 25.9. The number of rotatable bonds is 3. The Labute approximate surface area is 93.8 Å². The third-order valence-corrected chi connectivity index (χ3v) is 5.63. The molecule has 0 saturated carbocycles. The van der Waals surface area contributed by atoms with Crippen LogP contribution >= 0.6 is 11.3 Å². The molecule has 1 aliphatic heterocycles. The molecule has 2 heterocycles. The molecular weight excluding hydrogens is 232 g/mol. The normalized spacial score (nSPS) is 18.5. The zero-order valence-corrected chi connectivity index (χ0v) is 9.98. The van der Waals surface area contributed by atoms with Crippen LogP contribution < -0.4 is 5.73 Å². The van der Waals surface area contributed by atoms with Gasteiger partial charge in [0.05, 0.1) is 4.90 Å². The van der Waals surface area contributed by atoms with E-state index in [1.54, 1.807) is 15.8 Å². The smallest absolute Gasteiger partial charge is 0.244 e. The molecule has 1 aromatic rings. The van der Waals surface area contributed by atoms with Crippen molar-refractivity contribution in [3.05, 3.63) is 16.3 Å². The summed E-state index contributed by atoms with van der Waals surface area (Å²) in [7, 11) is -3.27. The Morgan fingerprint density at radius 3 is 2.67 bits per heavy atom. The van der Waals surface area contributed by atoms with E-state index >= 15 is 0 Å². The summed E-state index contributed by atoms with van der Waals surface area (Å²) in [5.41, 5.74) is 5.52. The second-order valence-electron chi connectivity index (χ2n) is 3.52. The van der Waals surface area contributed by atoms with Gasteiger partial charge in [-0.1, -0.05) is 0 Å². The summed E-state index contributed by atoms with van der Waals surface area (Å²) >= 11 is 1.40. The Morgan fingerprint density at radius 1 is 1.40 bits per heavy atom. The van der Waals surface area contributed by atoms with Gasteiger partial charge in [0, 0.05) is 24.5 Å². The first-order chi connectivity index (χ1) is 7.16. The monoisotopic (exact) mass is 246 g/mol. The maximum absolute atomic E-state index is 12.2. The van der Waals surface area contributed by atoms with E-state index in [1.165, 1.54) is 11.3 Å². The van der Waals surface area contributed by atoms with Crippen LogP contribution in [-0.4, -0.2) is 25.8 Å². The van der Waals surface area contributed by atoms with E-state index in [2.05, 4.69) is 0 Å². The fraction of sp³-hybridized carbons (Fsp3) is 0.556. The van der Waals surface area contributed by atoms with Crippen molar-refractivity contribution in [2.24, 2.45) is 5.73 Å². The van der Waals surface area contributed by atoms with Gasteiger partial charge in [0.1, 0.15) is 0 Å². The van der Waals surface area contributed by atoms with Crippen molar-refractivity contribution in [1.82, 2.24) is 4.31 Å². The second kappa shape index (κ2) is 4.21. The molecule has 2 rings (SSSR count). The van der Waals surface area contributed by atoms with Crippen molar-refractivity contribution in [3.63, 3.8) is 0 Å². The van der Waals surface area contributed by atoms with Gasteiger partial charge < -0.3 is 5.73 Å².